The van der Waals surface area contributed by atoms with Gasteiger partial charge >= 0.3 is 0 Å². The maximum atomic E-state index is 13.7. The molecule has 0 aliphatic heterocycles. The molecule has 6 nitrogen and oxygen atoms in total. The van der Waals surface area contributed by atoms with E-state index in [1.165, 1.54) is 6.07 Å². The van der Waals surface area contributed by atoms with Crippen LogP contribution in [0.3, 0.4) is 0 Å². The van der Waals surface area contributed by atoms with Crippen molar-refractivity contribution >= 4 is 38.7 Å². The lowest BCUT2D eigenvalue weighted by Gasteiger charge is -2.10. The number of hydrogen-bond acceptors (Lipinski definition) is 5. The zero-order valence-electron chi connectivity index (χ0n) is 20.0. The molecule has 0 aliphatic carbocycles. The molecule has 0 amide bonds. The molecule has 0 saturated heterocycles. The van der Waals surface area contributed by atoms with Gasteiger partial charge < -0.3 is 10.3 Å². The SMILES string of the molecule is C=C/C(=C\C(=C/C)c1cc2c(-c3cc4c(-c5ccc(F)s5)cncc4[nH]3)n[nH]c2cn1)NC(=C)CC. The number of fused-ring (bicyclic) bond motifs is 2. The lowest BCUT2D eigenvalue weighted by Crippen LogP contribution is -2.09. The standard InChI is InChI=1S/C28H25FN6S/c1-5-16(4)32-18(7-3)10-17(6-2)22-12-20-25(15-31-22)34-35-28(20)23-11-19-21(13-30-14-24(19)33-23)26-8-9-27(29)36-26/h6-15,32-33H,3-5H2,1-2H3,(H,34,35)/b17-6+,18-10+. The molecule has 36 heavy (non-hydrogen) atoms. The quantitative estimate of drug-likeness (QED) is 0.196. The molecule has 0 saturated carbocycles. The Kier molecular flexibility index (Phi) is 6.35. The number of nitrogens with one attached hydrogen (secondary N) is 3. The highest BCUT2D eigenvalue weighted by atomic mass is 32.1. The average Bonchev–Trinajstić information content (AvgIpc) is 3.63. The summed E-state index contributed by atoms with van der Waals surface area (Å²) in [5.74, 6) is 0. The summed E-state index contributed by atoms with van der Waals surface area (Å²) >= 11 is 1.10. The highest BCUT2D eigenvalue weighted by Crippen LogP contribution is 2.36. The summed E-state index contributed by atoms with van der Waals surface area (Å²) in [7, 11) is 0. The number of halogens is 1. The van der Waals surface area contributed by atoms with Crippen molar-refractivity contribution in [2.24, 2.45) is 0 Å². The van der Waals surface area contributed by atoms with E-state index in [-0.39, 0.29) is 5.13 Å². The zero-order chi connectivity index (χ0) is 25.2. The highest BCUT2D eigenvalue weighted by Gasteiger charge is 2.16. The summed E-state index contributed by atoms with van der Waals surface area (Å²) < 4.78 is 13.7. The first kappa shape index (κ1) is 23.4. The molecule has 180 valence electrons. The Morgan fingerprint density at radius 2 is 2.03 bits per heavy atom. The summed E-state index contributed by atoms with van der Waals surface area (Å²) in [6.45, 7) is 12.0. The molecule has 0 fully saturated rings. The Morgan fingerprint density at radius 3 is 2.75 bits per heavy atom. The Hall–Kier alpha value is -4.30. The molecule has 0 bridgehead atoms. The number of pyridine rings is 2. The Labute approximate surface area is 212 Å². The Morgan fingerprint density at radius 1 is 1.17 bits per heavy atom. The van der Waals surface area contributed by atoms with Crippen LogP contribution in [0.1, 0.15) is 26.0 Å². The largest absolute Gasteiger partial charge is 0.359 e. The van der Waals surface area contributed by atoms with Crippen molar-refractivity contribution in [2.45, 2.75) is 20.3 Å². The van der Waals surface area contributed by atoms with Gasteiger partial charge in [0.25, 0.3) is 0 Å². The van der Waals surface area contributed by atoms with Crippen LogP contribution in [0.15, 0.2) is 85.6 Å². The second-order valence-corrected chi connectivity index (χ2v) is 9.29. The van der Waals surface area contributed by atoms with Gasteiger partial charge in [-0.15, -0.1) is 11.3 Å². The predicted octanol–water partition coefficient (Wildman–Crippen LogP) is 7.36. The lowest BCUT2D eigenvalue weighted by molar-refractivity contribution is 0.657. The minimum atomic E-state index is -0.223. The van der Waals surface area contributed by atoms with E-state index in [0.717, 1.165) is 84.1 Å². The third-order valence-electron chi connectivity index (χ3n) is 5.97. The van der Waals surface area contributed by atoms with Gasteiger partial charge in [-0.3, -0.25) is 15.1 Å². The molecular formula is C28H25FN6S. The van der Waals surface area contributed by atoms with Gasteiger partial charge in [-0.05, 0) is 55.3 Å². The molecule has 0 atom stereocenters. The van der Waals surface area contributed by atoms with Crippen molar-refractivity contribution in [1.29, 1.82) is 0 Å². The first-order valence-corrected chi connectivity index (χ1v) is 12.3. The Balaban J connectivity index is 1.57. The molecule has 0 radical (unpaired) electrons. The summed E-state index contributed by atoms with van der Waals surface area (Å²) in [6.07, 6.45) is 11.9. The van der Waals surface area contributed by atoms with E-state index in [4.69, 9.17) is 0 Å². The van der Waals surface area contributed by atoms with E-state index in [1.807, 2.05) is 38.1 Å². The van der Waals surface area contributed by atoms with Gasteiger partial charge in [-0.2, -0.15) is 9.49 Å². The van der Waals surface area contributed by atoms with Crippen LogP contribution in [0.2, 0.25) is 0 Å². The number of aromatic nitrogens is 5. The second-order valence-electron chi connectivity index (χ2n) is 8.25. The highest BCUT2D eigenvalue weighted by molar-refractivity contribution is 7.14. The van der Waals surface area contributed by atoms with Crippen LogP contribution in [0.25, 0.3) is 49.2 Å². The van der Waals surface area contributed by atoms with Gasteiger partial charge in [0, 0.05) is 38.8 Å². The normalized spacial score (nSPS) is 12.4. The molecule has 3 N–H and O–H groups in total. The number of nitrogens with zero attached hydrogens (tertiary/aromatic N) is 3. The molecule has 5 aromatic rings. The molecular weight excluding hydrogens is 471 g/mol. The van der Waals surface area contributed by atoms with E-state index < -0.39 is 0 Å². The smallest absolute Gasteiger partial charge is 0.176 e. The third-order valence-corrected chi connectivity index (χ3v) is 6.88. The molecule has 0 spiro atoms. The van der Waals surface area contributed by atoms with Gasteiger partial charge in [-0.1, -0.05) is 26.2 Å². The molecule has 5 heterocycles. The predicted molar refractivity (Wildman–Crippen MR) is 147 cm³/mol. The number of allylic oxidation sites excluding steroid dienone is 5. The maximum absolute atomic E-state index is 13.7. The fourth-order valence-electron chi connectivity index (χ4n) is 4.03. The molecule has 8 heteroatoms. The van der Waals surface area contributed by atoms with Crippen LogP contribution < -0.4 is 5.32 Å². The van der Waals surface area contributed by atoms with E-state index in [1.54, 1.807) is 30.7 Å². The van der Waals surface area contributed by atoms with E-state index in [9.17, 15) is 4.39 Å². The van der Waals surface area contributed by atoms with Gasteiger partial charge in [0.1, 0.15) is 5.69 Å². The molecule has 0 unspecified atom stereocenters. The van der Waals surface area contributed by atoms with Gasteiger partial charge in [0.15, 0.2) is 5.13 Å². The summed E-state index contributed by atoms with van der Waals surface area (Å²) in [6, 6.07) is 7.31. The minimum absolute atomic E-state index is 0.223. The first-order chi connectivity index (χ1) is 17.5. The topological polar surface area (TPSA) is 82.3 Å². The zero-order valence-corrected chi connectivity index (χ0v) is 20.8. The maximum Gasteiger partial charge on any atom is 0.176 e. The van der Waals surface area contributed by atoms with Crippen molar-refractivity contribution in [1.82, 2.24) is 30.5 Å². The lowest BCUT2D eigenvalue weighted by atomic mass is 10.1. The van der Waals surface area contributed by atoms with Gasteiger partial charge in [-0.25, -0.2) is 0 Å². The number of aromatic amines is 2. The van der Waals surface area contributed by atoms with Crippen LogP contribution in [0.5, 0.6) is 0 Å². The van der Waals surface area contributed by atoms with E-state index in [2.05, 4.69) is 43.6 Å². The first-order valence-electron chi connectivity index (χ1n) is 11.5. The summed E-state index contributed by atoms with van der Waals surface area (Å²) in [5, 5.41) is 12.6. The van der Waals surface area contributed by atoms with Gasteiger partial charge in [0.2, 0.25) is 0 Å². The average molecular weight is 497 g/mol. The minimum Gasteiger partial charge on any atom is -0.359 e. The number of thiophene rings is 1. The van der Waals surface area contributed by atoms with Crippen LogP contribution in [-0.2, 0) is 0 Å². The van der Waals surface area contributed by atoms with Crippen molar-refractivity contribution in [3.8, 4) is 21.8 Å². The fourth-order valence-corrected chi connectivity index (χ4v) is 4.78. The number of rotatable bonds is 8. The number of hydrogen-bond donors (Lipinski definition) is 3. The van der Waals surface area contributed by atoms with E-state index in [0.29, 0.717) is 0 Å². The van der Waals surface area contributed by atoms with Crippen molar-refractivity contribution < 1.29 is 4.39 Å². The molecule has 5 rings (SSSR count). The van der Waals surface area contributed by atoms with Crippen molar-refractivity contribution in [2.75, 3.05) is 0 Å². The van der Waals surface area contributed by atoms with Crippen molar-refractivity contribution in [3.63, 3.8) is 0 Å². The van der Waals surface area contributed by atoms with E-state index >= 15 is 0 Å². The fraction of sp³-hybridized carbons (Fsp3) is 0.107. The molecule has 5 aromatic heterocycles. The monoisotopic (exact) mass is 496 g/mol. The Bertz CT molecular complexity index is 1670. The molecule has 0 aromatic carbocycles. The van der Waals surface area contributed by atoms with Gasteiger partial charge in [0.05, 0.1) is 34.8 Å². The summed E-state index contributed by atoms with van der Waals surface area (Å²) in [5.41, 5.74) is 7.69. The van der Waals surface area contributed by atoms with Crippen LogP contribution in [0, 0.1) is 5.13 Å². The van der Waals surface area contributed by atoms with Crippen molar-refractivity contribution in [3.05, 3.63) is 96.5 Å². The van der Waals surface area contributed by atoms with Crippen LogP contribution in [0.4, 0.5) is 4.39 Å². The number of H-pyrrole nitrogens is 2. The van der Waals surface area contributed by atoms with Crippen LogP contribution in [-0.4, -0.2) is 25.1 Å². The van der Waals surface area contributed by atoms with Crippen LogP contribution >= 0.6 is 11.3 Å². The second kappa shape index (κ2) is 9.75. The molecule has 0 aliphatic rings. The summed E-state index contributed by atoms with van der Waals surface area (Å²) in [4.78, 5) is 13.2. The third kappa shape index (κ3) is 4.38.